The van der Waals surface area contributed by atoms with Crippen LogP contribution in [0.25, 0.3) is 0 Å². The number of likely N-dealkylation sites (N-methyl/N-ethyl adjacent to an activating group) is 1. The molecule has 0 aromatic heterocycles. The van der Waals surface area contributed by atoms with E-state index in [0.717, 1.165) is 19.1 Å². The molecule has 4 unspecified atom stereocenters. The van der Waals surface area contributed by atoms with Crippen molar-refractivity contribution in [2.24, 2.45) is 5.41 Å². The van der Waals surface area contributed by atoms with Crippen molar-refractivity contribution in [3.63, 3.8) is 0 Å². The summed E-state index contributed by atoms with van der Waals surface area (Å²) in [6.07, 6.45) is 6.29. The van der Waals surface area contributed by atoms with Gasteiger partial charge in [0.2, 0.25) is 0 Å². The van der Waals surface area contributed by atoms with Crippen LogP contribution in [0.15, 0.2) is 0 Å². The third kappa shape index (κ3) is 2.02. The molecule has 0 spiro atoms. The molecule has 0 radical (unpaired) electrons. The van der Waals surface area contributed by atoms with Crippen LogP contribution in [0.4, 0.5) is 0 Å². The van der Waals surface area contributed by atoms with E-state index >= 15 is 0 Å². The van der Waals surface area contributed by atoms with Gasteiger partial charge in [-0.1, -0.05) is 13.8 Å². The predicted molar refractivity (Wildman–Crippen MR) is 69.1 cm³/mol. The molecule has 0 amide bonds. The summed E-state index contributed by atoms with van der Waals surface area (Å²) < 4.78 is 5.95. The second-order valence-corrected chi connectivity index (χ2v) is 6.77. The minimum atomic E-state index is 0.441. The highest BCUT2D eigenvalue weighted by Crippen LogP contribution is 2.41. The summed E-state index contributed by atoms with van der Waals surface area (Å²) in [6.45, 7) is 7.14. The van der Waals surface area contributed by atoms with Crippen LogP contribution in [-0.4, -0.2) is 49.3 Å². The summed E-state index contributed by atoms with van der Waals surface area (Å²) in [6, 6.07) is 1.36. The normalized spacial score (nSPS) is 45.4. The van der Waals surface area contributed by atoms with Gasteiger partial charge in [-0.2, -0.15) is 0 Å². The predicted octanol–water partition coefficient (Wildman–Crippen LogP) is 1.63. The standard InChI is InChI=1S/C14H26N2O/c1-14(2)7-6-12(13(14)15-3)16-8-10-4-5-11(9-16)17-10/h10-13,15H,4-9H2,1-3H3. The summed E-state index contributed by atoms with van der Waals surface area (Å²) in [4.78, 5) is 2.71. The molecule has 1 aliphatic carbocycles. The van der Waals surface area contributed by atoms with Crippen LogP contribution in [-0.2, 0) is 4.74 Å². The first-order valence-electron chi connectivity index (χ1n) is 7.17. The zero-order valence-electron chi connectivity index (χ0n) is 11.4. The van der Waals surface area contributed by atoms with E-state index in [2.05, 4.69) is 31.1 Å². The van der Waals surface area contributed by atoms with Gasteiger partial charge < -0.3 is 10.1 Å². The zero-order chi connectivity index (χ0) is 12.0. The highest BCUT2D eigenvalue weighted by molar-refractivity contribution is 5.02. The molecule has 3 nitrogen and oxygen atoms in total. The van der Waals surface area contributed by atoms with E-state index in [4.69, 9.17) is 4.74 Å². The number of rotatable bonds is 2. The Hall–Kier alpha value is -0.120. The van der Waals surface area contributed by atoms with Crippen LogP contribution in [0.3, 0.4) is 0 Å². The first-order valence-corrected chi connectivity index (χ1v) is 7.17. The Balaban J connectivity index is 1.72. The largest absolute Gasteiger partial charge is 0.372 e. The van der Waals surface area contributed by atoms with E-state index in [1.807, 2.05) is 0 Å². The first-order chi connectivity index (χ1) is 8.10. The third-order valence-corrected chi connectivity index (χ3v) is 5.16. The van der Waals surface area contributed by atoms with E-state index in [1.165, 1.54) is 25.7 Å². The molecule has 1 saturated carbocycles. The quantitative estimate of drug-likeness (QED) is 0.791. The van der Waals surface area contributed by atoms with Gasteiger partial charge in [0.15, 0.2) is 0 Å². The average Bonchev–Trinajstić information content (AvgIpc) is 2.78. The molecule has 2 aliphatic heterocycles. The maximum atomic E-state index is 5.95. The minimum Gasteiger partial charge on any atom is -0.372 e. The number of ether oxygens (including phenoxy) is 1. The lowest BCUT2D eigenvalue weighted by molar-refractivity contribution is -0.0567. The molecule has 3 heteroatoms. The Labute approximate surface area is 105 Å². The van der Waals surface area contributed by atoms with Crippen LogP contribution < -0.4 is 5.32 Å². The Morgan fingerprint density at radius 2 is 1.76 bits per heavy atom. The molecule has 3 fully saturated rings. The monoisotopic (exact) mass is 238 g/mol. The van der Waals surface area contributed by atoms with Crippen molar-refractivity contribution in [1.29, 1.82) is 0 Å². The number of morpholine rings is 1. The molecule has 2 saturated heterocycles. The van der Waals surface area contributed by atoms with Gasteiger partial charge in [0.25, 0.3) is 0 Å². The molecular formula is C14H26N2O. The summed E-state index contributed by atoms with van der Waals surface area (Å²) in [5.41, 5.74) is 0.441. The first kappa shape index (κ1) is 11.9. The molecule has 1 N–H and O–H groups in total. The van der Waals surface area contributed by atoms with E-state index in [-0.39, 0.29) is 0 Å². The SMILES string of the molecule is CNC1C(N2CC3CCC(C2)O3)CCC1(C)C. The third-order valence-electron chi connectivity index (χ3n) is 5.16. The van der Waals surface area contributed by atoms with Crippen molar-refractivity contribution in [2.75, 3.05) is 20.1 Å². The van der Waals surface area contributed by atoms with Crippen molar-refractivity contribution in [3.05, 3.63) is 0 Å². The van der Waals surface area contributed by atoms with Gasteiger partial charge >= 0.3 is 0 Å². The fourth-order valence-corrected chi connectivity index (χ4v) is 4.26. The highest BCUT2D eigenvalue weighted by atomic mass is 16.5. The summed E-state index contributed by atoms with van der Waals surface area (Å²) in [5, 5.41) is 3.57. The molecule has 2 heterocycles. The number of likely N-dealkylation sites (tertiary alicyclic amines) is 1. The van der Waals surface area contributed by atoms with Crippen LogP contribution in [0.1, 0.15) is 39.5 Å². The van der Waals surface area contributed by atoms with E-state index in [1.54, 1.807) is 0 Å². The molecule has 17 heavy (non-hydrogen) atoms. The maximum Gasteiger partial charge on any atom is 0.0707 e. The summed E-state index contributed by atoms with van der Waals surface area (Å²) in [7, 11) is 2.12. The van der Waals surface area contributed by atoms with Gasteiger partial charge in [-0.3, -0.25) is 4.90 Å². The molecule has 0 aromatic carbocycles. The van der Waals surface area contributed by atoms with Gasteiger partial charge in [0, 0.05) is 25.2 Å². The number of hydrogen-bond acceptors (Lipinski definition) is 3. The highest BCUT2D eigenvalue weighted by Gasteiger charge is 2.46. The smallest absolute Gasteiger partial charge is 0.0707 e. The molecule has 0 aromatic rings. The van der Waals surface area contributed by atoms with E-state index in [0.29, 0.717) is 23.7 Å². The van der Waals surface area contributed by atoms with Crippen LogP contribution >= 0.6 is 0 Å². The van der Waals surface area contributed by atoms with Gasteiger partial charge in [-0.05, 0) is 38.1 Å². The fourth-order valence-electron chi connectivity index (χ4n) is 4.26. The summed E-state index contributed by atoms with van der Waals surface area (Å²) in [5.74, 6) is 0. The average molecular weight is 238 g/mol. The van der Waals surface area contributed by atoms with Crippen LogP contribution in [0, 0.1) is 5.41 Å². The molecule has 2 bridgehead atoms. The second kappa shape index (κ2) is 4.22. The van der Waals surface area contributed by atoms with Crippen molar-refractivity contribution < 1.29 is 4.74 Å². The van der Waals surface area contributed by atoms with Crippen LogP contribution in [0.2, 0.25) is 0 Å². The zero-order valence-corrected chi connectivity index (χ0v) is 11.4. The van der Waals surface area contributed by atoms with Crippen molar-refractivity contribution >= 4 is 0 Å². The van der Waals surface area contributed by atoms with Crippen molar-refractivity contribution in [2.45, 2.75) is 63.8 Å². The fraction of sp³-hybridized carbons (Fsp3) is 1.00. The lowest BCUT2D eigenvalue weighted by Crippen LogP contribution is -2.55. The summed E-state index contributed by atoms with van der Waals surface area (Å²) >= 11 is 0. The number of nitrogens with zero attached hydrogens (tertiary/aromatic N) is 1. The van der Waals surface area contributed by atoms with Gasteiger partial charge in [-0.25, -0.2) is 0 Å². The van der Waals surface area contributed by atoms with Gasteiger partial charge in [0.05, 0.1) is 12.2 Å². The molecule has 98 valence electrons. The molecule has 4 atom stereocenters. The van der Waals surface area contributed by atoms with Gasteiger partial charge in [0.1, 0.15) is 0 Å². The number of hydrogen-bond donors (Lipinski definition) is 1. The Bertz CT molecular complexity index is 280. The second-order valence-electron chi connectivity index (χ2n) is 6.77. The lowest BCUT2D eigenvalue weighted by atomic mass is 9.86. The van der Waals surface area contributed by atoms with Gasteiger partial charge in [-0.15, -0.1) is 0 Å². The minimum absolute atomic E-state index is 0.441. The van der Waals surface area contributed by atoms with Crippen molar-refractivity contribution in [3.8, 4) is 0 Å². The maximum absolute atomic E-state index is 5.95. The Morgan fingerprint density at radius 3 is 2.35 bits per heavy atom. The number of nitrogens with one attached hydrogen (secondary N) is 1. The van der Waals surface area contributed by atoms with Crippen molar-refractivity contribution in [1.82, 2.24) is 10.2 Å². The molecule has 3 aliphatic rings. The lowest BCUT2D eigenvalue weighted by Gasteiger charge is -2.41. The van der Waals surface area contributed by atoms with Crippen LogP contribution in [0.5, 0.6) is 0 Å². The molecule has 3 rings (SSSR count). The topological polar surface area (TPSA) is 24.5 Å². The Kier molecular flexibility index (Phi) is 2.96. The van der Waals surface area contributed by atoms with E-state index < -0.39 is 0 Å². The Morgan fingerprint density at radius 1 is 1.12 bits per heavy atom. The molecular weight excluding hydrogens is 212 g/mol. The number of fused-ring (bicyclic) bond motifs is 2. The van der Waals surface area contributed by atoms with E-state index in [9.17, 15) is 0 Å².